The minimum absolute atomic E-state index is 0.0396. The number of rotatable bonds is 6. The Hall–Kier alpha value is -3.68. The standard InChI is InChI=1S/C19H18N2O6/c22-16(20-26-18(24)14-8-3-1-4-9-14)12-7-13-17(23)21-27-19(25)15-10-5-2-6-11-15/h1-6,8-11H,7,12-13H2,(H,20,22)(H,21,23). The van der Waals surface area contributed by atoms with Gasteiger partial charge < -0.3 is 9.68 Å². The van der Waals surface area contributed by atoms with Gasteiger partial charge >= 0.3 is 11.9 Å². The second kappa shape index (κ2) is 10.3. The van der Waals surface area contributed by atoms with E-state index >= 15 is 0 Å². The van der Waals surface area contributed by atoms with E-state index in [-0.39, 0.29) is 19.3 Å². The normalized spacial score (nSPS) is 9.78. The summed E-state index contributed by atoms with van der Waals surface area (Å²) in [5.74, 6) is -2.47. The molecular weight excluding hydrogens is 352 g/mol. The maximum atomic E-state index is 11.6. The molecule has 0 radical (unpaired) electrons. The Morgan fingerprint density at radius 3 is 1.37 bits per heavy atom. The van der Waals surface area contributed by atoms with Crippen molar-refractivity contribution in [3.8, 4) is 0 Å². The summed E-state index contributed by atoms with van der Waals surface area (Å²) < 4.78 is 0. The molecule has 0 spiro atoms. The molecule has 27 heavy (non-hydrogen) atoms. The molecule has 0 aliphatic heterocycles. The Labute approximate surface area is 155 Å². The van der Waals surface area contributed by atoms with Gasteiger partial charge in [-0.1, -0.05) is 36.4 Å². The summed E-state index contributed by atoms with van der Waals surface area (Å²) in [5.41, 5.74) is 4.65. The fraction of sp³-hybridized carbons (Fsp3) is 0.158. The van der Waals surface area contributed by atoms with Gasteiger partial charge in [0.2, 0.25) is 0 Å². The van der Waals surface area contributed by atoms with Crippen molar-refractivity contribution in [2.75, 3.05) is 0 Å². The van der Waals surface area contributed by atoms with E-state index in [2.05, 4.69) is 9.68 Å². The first-order chi connectivity index (χ1) is 13.1. The SMILES string of the molecule is O=C(CCCC(=O)NOC(=O)c1ccccc1)NOC(=O)c1ccccc1. The minimum atomic E-state index is -0.686. The van der Waals surface area contributed by atoms with Gasteiger partial charge in [-0.3, -0.25) is 9.59 Å². The van der Waals surface area contributed by atoms with Gasteiger partial charge in [0.1, 0.15) is 0 Å². The van der Waals surface area contributed by atoms with Crippen LogP contribution in [0.1, 0.15) is 40.0 Å². The zero-order valence-electron chi connectivity index (χ0n) is 14.3. The van der Waals surface area contributed by atoms with Crippen molar-refractivity contribution in [1.82, 2.24) is 11.0 Å². The average molecular weight is 370 g/mol. The largest absolute Gasteiger partial charge is 0.362 e. The van der Waals surface area contributed by atoms with Crippen LogP contribution in [-0.4, -0.2) is 23.8 Å². The molecule has 2 aromatic rings. The van der Waals surface area contributed by atoms with Crippen molar-refractivity contribution in [2.24, 2.45) is 0 Å². The number of hydrogen-bond acceptors (Lipinski definition) is 6. The Morgan fingerprint density at radius 2 is 1.00 bits per heavy atom. The zero-order chi connectivity index (χ0) is 19.5. The first-order valence-electron chi connectivity index (χ1n) is 8.16. The molecule has 0 fully saturated rings. The molecule has 0 aliphatic carbocycles. The molecule has 0 saturated carbocycles. The van der Waals surface area contributed by atoms with Crippen LogP contribution in [0.25, 0.3) is 0 Å². The molecule has 8 heteroatoms. The number of hydrogen-bond donors (Lipinski definition) is 2. The predicted molar refractivity (Wildman–Crippen MR) is 93.9 cm³/mol. The molecular formula is C19H18N2O6. The van der Waals surface area contributed by atoms with Gasteiger partial charge in [0, 0.05) is 12.8 Å². The van der Waals surface area contributed by atoms with E-state index in [9.17, 15) is 19.2 Å². The van der Waals surface area contributed by atoms with Gasteiger partial charge in [-0.25, -0.2) is 9.59 Å². The lowest BCUT2D eigenvalue weighted by atomic mass is 10.2. The van der Waals surface area contributed by atoms with Gasteiger partial charge in [0.05, 0.1) is 11.1 Å². The summed E-state index contributed by atoms with van der Waals surface area (Å²) in [5, 5.41) is 0. The fourth-order valence-electron chi connectivity index (χ4n) is 1.98. The lowest BCUT2D eigenvalue weighted by molar-refractivity contribution is -0.131. The van der Waals surface area contributed by atoms with Crippen LogP contribution in [0.4, 0.5) is 0 Å². The Balaban J connectivity index is 1.59. The van der Waals surface area contributed by atoms with Crippen LogP contribution < -0.4 is 11.0 Å². The number of carbonyl (C=O) groups is 4. The zero-order valence-corrected chi connectivity index (χ0v) is 14.3. The third kappa shape index (κ3) is 6.99. The lowest BCUT2D eigenvalue weighted by Crippen LogP contribution is -2.29. The maximum Gasteiger partial charge on any atom is 0.362 e. The second-order valence-corrected chi connectivity index (χ2v) is 5.42. The van der Waals surface area contributed by atoms with Gasteiger partial charge in [0.25, 0.3) is 11.8 Å². The summed E-state index contributed by atoms with van der Waals surface area (Å²) in [7, 11) is 0. The summed E-state index contributed by atoms with van der Waals surface area (Å²) in [6, 6.07) is 16.4. The van der Waals surface area contributed by atoms with Gasteiger partial charge in [-0.15, -0.1) is 0 Å². The van der Waals surface area contributed by atoms with E-state index in [1.54, 1.807) is 60.7 Å². The van der Waals surface area contributed by atoms with Crippen LogP contribution in [0.15, 0.2) is 60.7 Å². The van der Waals surface area contributed by atoms with E-state index in [0.717, 1.165) is 0 Å². The van der Waals surface area contributed by atoms with Crippen molar-refractivity contribution < 1.29 is 28.9 Å². The number of amides is 2. The number of benzene rings is 2. The van der Waals surface area contributed by atoms with E-state index in [1.165, 1.54) is 0 Å². The third-order valence-corrected chi connectivity index (χ3v) is 3.34. The quantitative estimate of drug-likeness (QED) is 0.752. The van der Waals surface area contributed by atoms with Gasteiger partial charge in [-0.2, -0.15) is 11.0 Å². The highest BCUT2D eigenvalue weighted by molar-refractivity contribution is 5.91. The first kappa shape index (κ1) is 19.6. The van der Waals surface area contributed by atoms with E-state index in [4.69, 9.17) is 0 Å². The molecule has 0 bridgehead atoms. The molecule has 0 aromatic heterocycles. The molecule has 0 unspecified atom stereocenters. The van der Waals surface area contributed by atoms with E-state index in [0.29, 0.717) is 11.1 Å². The fourth-order valence-corrected chi connectivity index (χ4v) is 1.98. The van der Waals surface area contributed by atoms with E-state index < -0.39 is 23.8 Å². The topological polar surface area (TPSA) is 111 Å². The van der Waals surface area contributed by atoms with Crippen LogP contribution in [0.5, 0.6) is 0 Å². The summed E-state index contributed by atoms with van der Waals surface area (Å²) in [6.07, 6.45) is 0.105. The van der Waals surface area contributed by atoms with E-state index in [1.807, 2.05) is 11.0 Å². The summed E-state index contributed by atoms with van der Waals surface area (Å²) >= 11 is 0. The molecule has 2 amide bonds. The number of nitrogens with one attached hydrogen (secondary N) is 2. The maximum absolute atomic E-state index is 11.6. The molecule has 2 rings (SSSR count). The number of hydroxylamine groups is 2. The predicted octanol–water partition coefficient (Wildman–Crippen LogP) is 1.93. The van der Waals surface area contributed by atoms with Crippen molar-refractivity contribution in [2.45, 2.75) is 19.3 Å². The van der Waals surface area contributed by atoms with Gasteiger partial charge in [-0.05, 0) is 30.7 Å². The molecule has 0 heterocycles. The van der Waals surface area contributed by atoms with Crippen LogP contribution in [0, 0.1) is 0 Å². The van der Waals surface area contributed by atoms with Crippen LogP contribution >= 0.6 is 0 Å². The highest BCUT2D eigenvalue weighted by atomic mass is 16.7. The Bertz CT molecular complexity index is 725. The molecule has 140 valence electrons. The Kier molecular flexibility index (Phi) is 7.52. The minimum Gasteiger partial charge on any atom is -0.335 e. The van der Waals surface area contributed by atoms with Crippen LogP contribution in [0.2, 0.25) is 0 Å². The van der Waals surface area contributed by atoms with Crippen LogP contribution in [0.3, 0.4) is 0 Å². The Morgan fingerprint density at radius 1 is 0.630 bits per heavy atom. The molecule has 2 N–H and O–H groups in total. The lowest BCUT2D eigenvalue weighted by Gasteiger charge is -2.07. The first-order valence-corrected chi connectivity index (χ1v) is 8.16. The smallest absolute Gasteiger partial charge is 0.335 e. The highest BCUT2D eigenvalue weighted by Crippen LogP contribution is 2.02. The molecule has 0 aliphatic rings. The average Bonchev–Trinajstić information content (AvgIpc) is 2.71. The van der Waals surface area contributed by atoms with Crippen molar-refractivity contribution in [3.05, 3.63) is 71.8 Å². The summed E-state index contributed by atoms with van der Waals surface area (Å²) in [6.45, 7) is 0. The highest BCUT2D eigenvalue weighted by Gasteiger charge is 2.12. The van der Waals surface area contributed by atoms with Crippen molar-refractivity contribution in [1.29, 1.82) is 0 Å². The van der Waals surface area contributed by atoms with Crippen LogP contribution in [-0.2, 0) is 19.3 Å². The van der Waals surface area contributed by atoms with Gasteiger partial charge in [0.15, 0.2) is 0 Å². The van der Waals surface area contributed by atoms with Crippen molar-refractivity contribution in [3.63, 3.8) is 0 Å². The third-order valence-electron chi connectivity index (χ3n) is 3.34. The second-order valence-electron chi connectivity index (χ2n) is 5.42. The molecule has 0 saturated heterocycles. The summed E-state index contributed by atoms with van der Waals surface area (Å²) in [4.78, 5) is 55.8. The molecule has 2 aromatic carbocycles. The molecule has 0 atom stereocenters. The monoisotopic (exact) mass is 370 g/mol. The number of carbonyl (C=O) groups excluding carboxylic acids is 4. The molecule has 8 nitrogen and oxygen atoms in total. The van der Waals surface area contributed by atoms with Crippen molar-refractivity contribution >= 4 is 23.8 Å².